The zero-order chi connectivity index (χ0) is 17.2. The summed E-state index contributed by atoms with van der Waals surface area (Å²) in [7, 11) is 0. The summed E-state index contributed by atoms with van der Waals surface area (Å²) < 4.78 is 1.74. The lowest BCUT2D eigenvalue weighted by molar-refractivity contribution is -0.135. The number of thiazole rings is 1. The second-order valence-electron chi connectivity index (χ2n) is 6.99. The summed E-state index contributed by atoms with van der Waals surface area (Å²) >= 11 is 7.53. The monoisotopic (exact) mass is 379 g/mol. The van der Waals surface area contributed by atoms with Crippen molar-refractivity contribution in [2.45, 2.75) is 38.4 Å². The number of rotatable bonds is 5. The highest BCUT2D eigenvalue weighted by molar-refractivity contribution is 7.07. The molecule has 5 heterocycles. The topological polar surface area (TPSA) is 54.3 Å². The van der Waals surface area contributed by atoms with Crippen LogP contribution >= 0.6 is 22.9 Å². The molecular formula is C17H22ClN5OS. The number of carbonyl (C=O) groups is 1. The van der Waals surface area contributed by atoms with Gasteiger partial charge in [-0.3, -0.25) is 14.4 Å². The van der Waals surface area contributed by atoms with Crippen molar-refractivity contribution in [3.05, 3.63) is 34.0 Å². The molecule has 0 unspecified atom stereocenters. The van der Waals surface area contributed by atoms with Gasteiger partial charge in [-0.25, -0.2) is 4.98 Å². The fraction of sp³-hybridized carbons (Fsp3) is 0.588. The molecule has 2 bridgehead atoms. The predicted molar refractivity (Wildman–Crippen MR) is 97.5 cm³/mol. The molecule has 0 aromatic carbocycles. The number of halogens is 1. The van der Waals surface area contributed by atoms with Gasteiger partial charge in [0, 0.05) is 56.8 Å². The minimum absolute atomic E-state index is 0.233. The van der Waals surface area contributed by atoms with Gasteiger partial charge in [-0.1, -0.05) is 11.6 Å². The maximum Gasteiger partial charge on any atom is 0.224 e. The Morgan fingerprint density at radius 1 is 1.32 bits per heavy atom. The molecule has 2 aromatic rings. The summed E-state index contributed by atoms with van der Waals surface area (Å²) in [4.78, 5) is 21.8. The number of piperidine rings is 1. The van der Waals surface area contributed by atoms with Gasteiger partial charge in [0.25, 0.3) is 0 Å². The molecule has 2 aromatic heterocycles. The maximum atomic E-state index is 12.8. The first-order valence-electron chi connectivity index (χ1n) is 8.74. The molecule has 3 aliphatic rings. The van der Waals surface area contributed by atoms with Crippen molar-refractivity contribution < 1.29 is 4.79 Å². The summed E-state index contributed by atoms with van der Waals surface area (Å²) in [5.41, 5.74) is 3.03. The second kappa shape index (κ2) is 7.43. The van der Waals surface area contributed by atoms with Gasteiger partial charge in [0.05, 0.1) is 22.4 Å². The Balaban J connectivity index is 1.37. The van der Waals surface area contributed by atoms with Gasteiger partial charge in [0.1, 0.15) is 0 Å². The van der Waals surface area contributed by atoms with E-state index >= 15 is 0 Å². The fourth-order valence-corrected chi connectivity index (χ4v) is 4.68. The molecule has 0 radical (unpaired) electrons. The lowest BCUT2D eigenvalue weighted by Gasteiger charge is -2.36. The van der Waals surface area contributed by atoms with Gasteiger partial charge in [0.2, 0.25) is 5.91 Å². The smallest absolute Gasteiger partial charge is 0.224 e. The molecule has 25 heavy (non-hydrogen) atoms. The Morgan fingerprint density at radius 3 is 3.00 bits per heavy atom. The van der Waals surface area contributed by atoms with Crippen LogP contribution in [0.5, 0.6) is 0 Å². The number of fused-ring (bicyclic) bond motifs is 4. The number of hydrogen-bond donors (Lipinski definition) is 0. The Hall–Kier alpha value is -1.44. The molecule has 3 saturated heterocycles. The number of aromatic nitrogens is 3. The molecule has 3 aliphatic heterocycles. The van der Waals surface area contributed by atoms with Gasteiger partial charge in [-0.15, -0.1) is 11.3 Å². The van der Waals surface area contributed by atoms with Gasteiger partial charge >= 0.3 is 0 Å². The molecule has 5 rings (SSSR count). The Bertz CT molecular complexity index is 718. The van der Waals surface area contributed by atoms with Crippen LogP contribution in [-0.2, 0) is 17.9 Å². The Labute approximate surface area is 156 Å². The molecule has 8 heteroatoms. The van der Waals surface area contributed by atoms with Crippen LogP contribution in [0.3, 0.4) is 0 Å². The standard InChI is InChI=1S/C17H22ClN5OS/c18-14-5-20-22(8-14)4-3-17(24)23-7-13-1-2-16(23)10-21(6-13)9-15-11-25-12-19-15/h5,8,11-13,16H,1-4,6-7,9-10H2/t13-,16+/m0/s1. The maximum absolute atomic E-state index is 12.8. The van der Waals surface area contributed by atoms with Crippen molar-refractivity contribution >= 4 is 28.8 Å². The zero-order valence-electron chi connectivity index (χ0n) is 14.1. The number of amides is 1. The van der Waals surface area contributed by atoms with Gasteiger partial charge in [-0.2, -0.15) is 5.10 Å². The molecule has 1 amide bonds. The first-order chi connectivity index (χ1) is 12.2. The summed E-state index contributed by atoms with van der Waals surface area (Å²) in [5, 5.41) is 6.88. The number of carbonyl (C=O) groups excluding carboxylic acids is 1. The highest BCUT2D eigenvalue weighted by Gasteiger charge is 2.36. The average molecular weight is 380 g/mol. The van der Waals surface area contributed by atoms with E-state index in [1.54, 1.807) is 28.4 Å². The average Bonchev–Trinajstić information content (AvgIpc) is 3.17. The number of nitrogens with zero attached hydrogens (tertiary/aromatic N) is 5. The summed E-state index contributed by atoms with van der Waals surface area (Å²) in [6.45, 7) is 4.38. The predicted octanol–water partition coefficient (Wildman–Crippen LogP) is 2.51. The van der Waals surface area contributed by atoms with Crippen molar-refractivity contribution in [1.29, 1.82) is 0 Å². The SMILES string of the molecule is O=C(CCn1cc(Cl)cn1)N1C[C@H]2CC[C@@H]1CN(Cc1cscn1)C2. The first-order valence-corrected chi connectivity index (χ1v) is 10.1. The summed E-state index contributed by atoms with van der Waals surface area (Å²) in [6, 6.07) is 0.325. The van der Waals surface area contributed by atoms with Crippen LogP contribution < -0.4 is 0 Å². The van der Waals surface area contributed by atoms with Gasteiger partial charge in [-0.05, 0) is 18.8 Å². The third-order valence-electron chi connectivity index (χ3n) is 5.14. The largest absolute Gasteiger partial charge is 0.338 e. The third-order valence-corrected chi connectivity index (χ3v) is 5.97. The molecule has 134 valence electrons. The quantitative estimate of drug-likeness (QED) is 0.801. The molecule has 0 aliphatic carbocycles. The lowest BCUT2D eigenvalue weighted by atomic mass is 9.94. The van der Waals surface area contributed by atoms with E-state index in [1.807, 2.05) is 5.51 Å². The van der Waals surface area contributed by atoms with Crippen LogP contribution in [0.1, 0.15) is 25.0 Å². The van der Waals surface area contributed by atoms with E-state index in [1.165, 1.54) is 6.42 Å². The van der Waals surface area contributed by atoms with Crippen LogP contribution in [0.2, 0.25) is 5.02 Å². The minimum atomic E-state index is 0.233. The van der Waals surface area contributed by atoms with Crippen molar-refractivity contribution in [2.75, 3.05) is 19.6 Å². The van der Waals surface area contributed by atoms with E-state index in [9.17, 15) is 4.79 Å². The normalized spacial score (nSPS) is 23.8. The molecular weight excluding hydrogens is 358 g/mol. The van der Waals surface area contributed by atoms with Crippen molar-refractivity contribution in [1.82, 2.24) is 24.6 Å². The Kier molecular flexibility index (Phi) is 5.05. The molecule has 2 atom stereocenters. The van der Waals surface area contributed by atoms with E-state index in [-0.39, 0.29) is 5.91 Å². The molecule has 0 saturated carbocycles. The van der Waals surface area contributed by atoms with Gasteiger partial charge < -0.3 is 4.90 Å². The molecule has 0 spiro atoms. The van der Waals surface area contributed by atoms with Crippen LogP contribution in [0.25, 0.3) is 0 Å². The highest BCUT2D eigenvalue weighted by atomic mass is 35.5. The molecule has 0 N–H and O–H groups in total. The zero-order valence-corrected chi connectivity index (χ0v) is 15.6. The summed E-state index contributed by atoms with van der Waals surface area (Å²) in [5.74, 6) is 0.803. The van der Waals surface area contributed by atoms with E-state index < -0.39 is 0 Å². The van der Waals surface area contributed by atoms with Crippen LogP contribution in [0, 0.1) is 5.92 Å². The van der Waals surface area contributed by atoms with Crippen molar-refractivity contribution in [3.8, 4) is 0 Å². The van der Waals surface area contributed by atoms with E-state index in [4.69, 9.17) is 11.6 Å². The molecule has 3 fully saturated rings. The minimum Gasteiger partial charge on any atom is -0.338 e. The van der Waals surface area contributed by atoms with E-state index in [0.29, 0.717) is 29.9 Å². The van der Waals surface area contributed by atoms with Crippen LogP contribution in [-0.4, -0.2) is 56.1 Å². The lowest BCUT2D eigenvalue weighted by Crippen LogP contribution is -2.47. The van der Waals surface area contributed by atoms with E-state index in [0.717, 1.165) is 38.3 Å². The van der Waals surface area contributed by atoms with Crippen molar-refractivity contribution in [3.63, 3.8) is 0 Å². The summed E-state index contributed by atoms with van der Waals surface area (Å²) in [6.07, 6.45) is 6.18. The second-order valence-corrected chi connectivity index (χ2v) is 8.14. The fourth-order valence-electron chi connectivity index (χ4n) is 3.97. The Morgan fingerprint density at radius 2 is 2.24 bits per heavy atom. The third kappa shape index (κ3) is 4.04. The van der Waals surface area contributed by atoms with E-state index in [2.05, 4.69) is 25.3 Å². The van der Waals surface area contributed by atoms with Crippen molar-refractivity contribution in [2.24, 2.45) is 5.92 Å². The first kappa shape index (κ1) is 17.0. The van der Waals surface area contributed by atoms with Gasteiger partial charge in [0.15, 0.2) is 0 Å². The highest BCUT2D eigenvalue weighted by Crippen LogP contribution is 2.29. The van der Waals surface area contributed by atoms with Crippen LogP contribution in [0.4, 0.5) is 0 Å². The van der Waals surface area contributed by atoms with Crippen LogP contribution in [0.15, 0.2) is 23.3 Å². The molecule has 6 nitrogen and oxygen atoms in total. The number of hydrogen-bond acceptors (Lipinski definition) is 5. The number of aryl methyl sites for hydroxylation is 1.